The lowest BCUT2D eigenvalue weighted by Gasteiger charge is -2.35. The fraction of sp³-hybridized carbons (Fsp3) is 0.360. The van der Waals surface area contributed by atoms with Crippen molar-refractivity contribution in [3.63, 3.8) is 0 Å². The maximum absolute atomic E-state index is 12.7. The Morgan fingerprint density at radius 2 is 1.68 bits per heavy atom. The standard InChI is InChI=1S/C25H29N3O3/c1-17-7-5-9-21(19(17)3)31-16-24(29)28-13-11-27(12-14-28)23-15-18(2)20-8-6-10-22(30-4)25(20)26-23/h5-10,15H,11-14,16H2,1-4H3. The predicted molar refractivity (Wildman–Crippen MR) is 123 cm³/mol. The number of fused-ring (bicyclic) bond motifs is 1. The first-order valence-electron chi connectivity index (χ1n) is 10.6. The molecule has 162 valence electrons. The van der Waals surface area contributed by atoms with Crippen molar-refractivity contribution in [3.05, 3.63) is 59.2 Å². The lowest BCUT2D eigenvalue weighted by molar-refractivity contribution is -0.133. The molecule has 0 aliphatic carbocycles. The van der Waals surface area contributed by atoms with Gasteiger partial charge in [-0.15, -0.1) is 0 Å². The van der Waals surface area contributed by atoms with E-state index in [9.17, 15) is 4.79 Å². The summed E-state index contributed by atoms with van der Waals surface area (Å²) in [5.74, 6) is 2.50. The Hall–Kier alpha value is -3.28. The van der Waals surface area contributed by atoms with E-state index in [4.69, 9.17) is 14.5 Å². The van der Waals surface area contributed by atoms with E-state index in [1.54, 1.807) is 7.11 Å². The fourth-order valence-electron chi connectivity index (χ4n) is 4.00. The van der Waals surface area contributed by atoms with Gasteiger partial charge < -0.3 is 19.3 Å². The molecule has 0 bridgehead atoms. The Kier molecular flexibility index (Phi) is 5.98. The van der Waals surface area contributed by atoms with Gasteiger partial charge in [0.25, 0.3) is 5.91 Å². The molecule has 0 N–H and O–H groups in total. The summed E-state index contributed by atoms with van der Waals surface area (Å²) in [5.41, 5.74) is 4.28. The molecule has 0 spiro atoms. The smallest absolute Gasteiger partial charge is 0.260 e. The number of amides is 1. The molecule has 1 fully saturated rings. The highest BCUT2D eigenvalue weighted by atomic mass is 16.5. The number of carbonyl (C=O) groups excluding carboxylic acids is 1. The van der Waals surface area contributed by atoms with Gasteiger partial charge in [-0.3, -0.25) is 4.79 Å². The Bertz CT molecular complexity index is 1100. The molecule has 2 aromatic carbocycles. The SMILES string of the molecule is COc1cccc2c(C)cc(N3CCN(C(=O)COc4cccc(C)c4C)CC3)nc12. The van der Waals surface area contributed by atoms with Crippen molar-refractivity contribution in [3.8, 4) is 11.5 Å². The van der Waals surface area contributed by atoms with Crippen molar-refractivity contribution >= 4 is 22.6 Å². The molecule has 31 heavy (non-hydrogen) atoms. The van der Waals surface area contributed by atoms with Gasteiger partial charge in [-0.1, -0.05) is 24.3 Å². The Labute approximate surface area is 183 Å². The number of aryl methyl sites for hydroxylation is 2. The first kappa shape index (κ1) is 21.0. The van der Waals surface area contributed by atoms with Crippen LogP contribution in [0, 0.1) is 20.8 Å². The van der Waals surface area contributed by atoms with Gasteiger partial charge in [0.05, 0.1) is 7.11 Å². The van der Waals surface area contributed by atoms with Gasteiger partial charge in [0.2, 0.25) is 0 Å². The van der Waals surface area contributed by atoms with E-state index >= 15 is 0 Å². The molecule has 0 radical (unpaired) electrons. The number of rotatable bonds is 5. The molecule has 0 atom stereocenters. The molecule has 2 heterocycles. The van der Waals surface area contributed by atoms with Crippen LogP contribution in [0.1, 0.15) is 16.7 Å². The first-order chi connectivity index (χ1) is 15.0. The molecule has 1 saturated heterocycles. The molecule has 1 aliphatic rings. The molecule has 1 amide bonds. The average molecular weight is 420 g/mol. The van der Waals surface area contributed by atoms with Crippen molar-refractivity contribution in [2.24, 2.45) is 0 Å². The van der Waals surface area contributed by atoms with E-state index in [2.05, 4.69) is 24.0 Å². The van der Waals surface area contributed by atoms with Crippen molar-refractivity contribution in [1.82, 2.24) is 9.88 Å². The Morgan fingerprint density at radius 1 is 0.968 bits per heavy atom. The molecule has 0 unspecified atom stereocenters. The van der Waals surface area contributed by atoms with Gasteiger partial charge in [0, 0.05) is 31.6 Å². The highest BCUT2D eigenvalue weighted by molar-refractivity contribution is 5.89. The van der Waals surface area contributed by atoms with Crippen LogP contribution in [0.2, 0.25) is 0 Å². The molecule has 0 saturated carbocycles. The minimum Gasteiger partial charge on any atom is -0.494 e. The van der Waals surface area contributed by atoms with Crippen LogP contribution in [-0.2, 0) is 4.79 Å². The number of nitrogens with zero attached hydrogens (tertiary/aromatic N) is 3. The first-order valence-corrected chi connectivity index (χ1v) is 10.6. The summed E-state index contributed by atoms with van der Waals surface area (Å²) >= 11 is 0. The van der Waals surface area contributed by atoms with Crippen LogP contribution in [-0.4, -0.2) is 55.7 Å². The van der Waals surface area contributed by atoms with Crippen LogP contribution in [0.5, 0.6) is 11.5 Å². The van der Waals surface area contributed by atoms with E-state index in [-0.39, 0.29) is 12.5 Å². The number of hydrogen-bond acceptors (Lipinski definition) is 5. The zero-order valence-electron chi connectivity index (χ0n) is 18.6. The van der Waals surface area contributed by atoms with Gasteiger partial charge in [-0.05, 0) is 55.7 Å². The number of hydrogen-bond donors (Lipinski definition) is 0. The number of methoxy groups -OCH3 is 1. The lowest BCUT2D eigenvalue weighted by Crippen LogP contribution is -2.50. The number of aromatic nitrogens is 1. The summed E-state index contributed by atoms with van der Waals surface area (Å²) in [6, 6.07) is 14.0. The van der Waals surface area contributed by atoms with E-state index in [0.717, 1.165) is 52.4 Å². The number of para-hydroxylation sites is 1. The zero-order valence-corrected chi connectivity index (χ0v) is 18.6. The van der Waals surface area contributed by atoms with Gasteiger partial charge in [-0.25, -0.2) is 4.98 Å². The van der Waals surface area contributed by atoms with Crippen LogP contribution in [0.15, 0.2) is 42.5 Å². The van der Waals surface area contributed by atoms with Crippen LogP contribution in [0.3, 0.4) is 0 Å². The van der Waals surface area contributed by atoms with E-state index < -0.39 is 0 Å². The Morgan fingerprint density at radius 3 is 2.42 bits per heavy atom. The quantitative estimate of drug-likeness (QED) is 0.628. The summed E-state index contributed by atoms with van der Waals surface area (Å²) in [6.07, 6.45) is 0. The predicted octanol–water partition coefficient (Wildman–Crippen LogP) is 3.90. The maximum Gasteiger partial charge on any atom is 0.260 e. The second-order valence-electron chi connectivity index (χ2n) is 8.01. The Balaban J connectivity index is 1.40. The monoisotopic (exact) mass is 419 g/mol. The molecule has 1 aromatic heterocycles. The average Bonchev–Trinajstić information content (AvgIpc) is 2.79. The van der Waals surface area contributed by atoms with E-state index in [0.29, 0.717) is 13.1 Å². The third-order valence-corrected chi connectivity index (χ3v) is 6.08. The van der Waals surface area contributed by atoms with E-state index in [1.807, 2.05) is 49.1 Å². The van der Waals surface area contributed by atoms with Crippen molar-refractivity contribution in [2.75, 3.05) is 44.8 Å². The number of anilines is 1. The normalized spacial score (nSPS) is 14.1. The molecule has 1 aliphatic heterocycles. The third-order valence-electron chi connectivity index (χ3n) is 6.08. The van der Waals surface area contributed by atoms with Gasteiger partial charge in [0.15, 0.2) is 6.61 Å². The lowest BCUT2D eigenvalue weighted by atomic mass is 10.1. The second kappa shape index (κ2) is 8.84. The van der Waals surface area contributed by atoms with E-state index in [1.165, 1.54) is 5.56 Å². The summed E-state index contributed by atoms with van der Waals surface area (Å²) in [7, 11) is 1.67. The number of carbonyl (C=O) groups is 1. The summed E-state index contributed by atoms with van der Waals surface area (Å²) < 4.78 is 11.3. The summed E-state index contributed by atoms with van der Waals surface area (Å²) in [6.45, 7) is 9.00. The van der Waals surface area contributed by atoms with Crippen LogP contribution < -0.4 is 14.4 Å². The van der Waals surface area contributed by atoms with Crippen LogP contribution in [0.25, 0.3) is 10.9 Å². The molecule has 4 rings (SSSR count). The zero-order chi connectivity index (χ0) is 22.0. The minimum atomic E-state index is 0.0184. The molecule has 3 aromatic rings. The summed E-state index contributed by atoms with van der Waals surface area (Å²) in [5, 5.41) is 1.10. The molecule has 6 heteroatoms. The topological polar surface area (TPSA) is 54.9 Å². The second-order valence-corrected chi connectivity index (χ2v) is 8.01. The highest BCUT2D eigenvalue weighted by Crippen LogP contribution is 2.29. The van der Waals surface area contributed by atoms with Crippen molar-refractivity contribution in [1.29, 1.82) is 0 Å². The maximum atomic E-state index is 12.7. The number of ether oxygens (including phenoxy) is 2. The van der Waals surface area contributed by atoms with Crippen molar-refractivity contribution in [2.45, 2.75) is 20.8 Å². The fourth-order valence-corrected chi connectivity index (χ4v) is 4.00. The number of pyridine rings is 1. The highest BCUT2D eigenvalue weighted by Gasteiger charge is 2.23. The summed E-state index contributed by atoms with van der Waals surface area (Å²) in [4.78, 5) is 21.6. The molecular weight excluding hydrogens is 390 g/mol. The van der Waals surface area contributed by atoms with Gasteiger partial charge >= 0.3 is 0 Å². The van der Waals surface area contributed by atoms with Crippen molar-refractivity contribution < 1.29 is 14.3 Å². The van der Waals surface area contributed by atoms with Crippen LogP contribution >= 0.6 is 0 Å². The third kappa shape index (κ3) is 4.29. The molecule has 6 nitrogen and oxygen atoms in total. The van der Waals surface area contributed by atoms with Crippen LogP contribution in [0.4, 0.5) is 5.82 Å². The number of piperazine rings is 1. The number of benzene rings is 2. The molecular formula is C25H29N3O3. The van der Waals surface area contributed by atoms with Gasteiger partial charge in [0.1, 0.15) is 22.8 Å². The minimum absolute atomic E-state index is 0.0184. The van der Waals surface area contributed by atoms with Gasteiger partial charge in [-0.2, -0.15) is 0 Å². The largest absolute Gasteiger partial charge is 0.494 e.